The van der Waals surface area contributed by atoms with Crippen LogP contribution in [0.5, 0.6) is 5.75 Å². The van der Waals surface area contributed by atoms with E-state index in [2.05, 4.69) is 26.1 Å². The molecule has 17 heavy (non-hydrogen) atoms. The predicted molar refractivity (Wildman–Crippen MR) is 74.5 cm³/mol. The molecule has 0 aliphatic carbocycles. The van der Waals surface area contributed by atoms with Gasteiger partial charge >= 0.3 is 0 Å². The van der Waals surface area contributed by atoms with Gasteiger partial charge in [-0.25, -0.2) is 0 Å². The molecule has 0 saturated carbocycles. The average Bonchev–Trinajstić information content (AvgIpc) is 2.27. The van der Waals surface area contributed by atoms with Crippen molar-refractivity contribution in [2.45, 2.75) is 39.5 Å². The Labute approximate surface area is 104 Å². The summed E-state index contributed by atoms with van der Waals surface area (Å²) in [4.78, 5) is 0. The standard InChI is InChI=1S/C16H22O/c1-5-7-13-9-10-14(8-6-2)16(17)15(13)11-12(3)4/h6,9-10,17H,2-3,5,7-8,11H2,1,4H3. The molecule has 0 aliphatic rings. The number of benzene rings is 1. The highest BCUT2D eigenvalue weighted by Crippen LogP contribution is 2.29. The third kappa shape index (κ3) is 3.48. The highest BCUT2D eigenvalue weighted by Gasteiger charge is 2.11. The molecule has 0 unspecified atom stereocenters. The van der Waals surface area contributed by atoms with E-state index in [1.165, 1.54) is 5.56 Å². The van der Waals surface area contributed by atoms with Crippen LogP contribution < -0.4 is 0 Å². The minimum absolute atomic E-state index is 0.429. The third-order valence-corrected chi connectivity index (χ3v) is 2.83. The maximum Gasteiger partial charge on any atom is 0.122 e. The molecule has 1 heteroatoms. The molecule has 0 aliphatic heterocycles. The molecule has 1 rings (SSSR count). The van der Waals surface area contributed by atoms with Gasteiger partial charge in [-0.15, -0.1) is 6.58 Å². The summed E-state index contributed by atoms with van der Waals surface area (Å²) >= 11 is 0. The lowest BCUT2D eigenvalue weighted by atomic mass is 9.93. The van der Waals surface area contributed by atoms with Crippen LogP contribution in [-0.4, -0.2) is 5.11 Å². The first-order valence-electron chi connectivity index (χ1n) is 6.18. The van der Waals surface area contributed by atoms with Crippen molar-refractivity contribution < 1.29 is 5.11 Å². The third-order valence-electron chi connectivity index (χ3n) is 2.83. The Hall–Kier alpha value is -1.50. The Morgan fingerprint density at radius 1 is 1.35 bits per heavy atom. The zero-order valence-electron chi connectivity index (χ0n) is 10.9. The zero-order chi connectivity index (χ0) is 12.8. The zero-order valence-corrected chi connectivity index (χ0v) is 10.9. The van der Waals surface area contributed by atoms with Gasteiger partial charge in [-0.2, -0.15) is 0 Å². The van der Waals surface area contributed by atoms with Gasteiger partial charge < -0.3 is 5.11 Å². The molecule has 0 atom stereocenters. The van der Waals surface area contributed by atoms with E-state index in [4.69, 9.17) is 0 Å². The summed E-state index contributed by atoms with van der Waals surface area (Å²) in [5, 5.41) is 10.3. The predicted octanol–water partition coefficient (Wildman–Crippen LogP) is 4.19. The molecule has 1 nitrogen and oxygen atoms in total. The second kappa shape index (κ2) is 6.29. The van der Waals surface area contributed by atoms with Crippen LogP contribution >= 0.6 is 0 Å². The van der Waals surface area contributed by atoms with Crippen LogP contribution in [0, 0.1) is 0 Å². The summed E-state index contributed by atoms with van der Waals surface area (Å²) < 4.78 is 0. The van der Waals surface area contributed by atoms with Crippen molar-refractivity contribution in [1.29, 1.82) is 0 Å². The lowest BCUT2D eigenvalue weighted by Crippen LogP contribution is -1.98. The van der Waals surface area contributed by atoms with Crippen LogP contribution in [0.1, 0.15) is 37.0 Å². The lowest BCUT2D eigenvalue weighted by molar-refractivity contribution is 0.462. The summed E-state index contributed by atoms with van der Waals surface area (Å²) in [6.45, 7) is 11.8. The molecule has 1 N–H and O–H groups in total. The number of rotatable bonds is 6. The van der Waals surface area contributed by atoms with E-state index in [1.54, 1.807) is 0 Å². The molecule has 0 radical (unpaired) electrons. The first-order chi connectivity index (χ1) is 8.10. The first-order valence-corrected chi connectivity index (χ1v) is 6.18. The molecule has 0 bridgehead atoms. The van der Waals surface area contributed by atoms with E-state index >= 15 is 0 Å². The number of aromatic hydroxyl groups is 1. The van der Waals surface area contributed by atoms with E-state index in [0.717, 1.165) is 36.0 Å². The summed E-state index contributed by atoms with van der Waals surface area (Å²) in [6.07, 6.45) is 5.38. The van der Waals surface area contributed by atoms with Gasteiger partial charge in [0.05, 0.1) is 0 Å². The van der Waals surface area contributed by atoms with Crippen LogP contribution in [0.2, 0.25) is 0 Å². The van der Waals surface area contributed by atoms with E-state index in [1.807, 2.05) is 19.1 Å². The number of hydrogen-bond donors (Lipinski definition) is 1. The monoisotopic (exact) mass is 230 g/mol. The fourth-order valence-corrected chi connectivity index (χ4v) is 2.05. The minimum atomic E-state index is 0.429. The fraction of sp³-hybridized carbons (Fsp3) is 0.375. The average molecular weight is 230 g/mol. The number of aryl methyl sites for hydroxylation is 1. The minimum Gasteiger partial charge on any atom is -0.507 e. The molecule has 0 amide bonds. The topological polar surface area (TPSA) is 20.2 Å². The molecule has 0 spiro atoms. The Morgan fingerprint density at radius 2 is 2.00 bits per heavy atom. The van der Waals surface area contributed by atoms with Crippen molar-refractivity contribution in [2.75, 3.05) is 0 Å². The molecule has 0 heterocycles. The highest BCUT2D eigenvalue weighted by atomic mass is 16.3. The van der Waals surface area contributed by atoms with Gasteiger partial charge in [-0.3, -0.25) is 0 Å². The Kier molecular flexibility index (Phi) is 5.02. The highest BCUT2D eigenvalue weighted by molar-refractivity contribution is 5.48. The van der Waals surface area contributed by atoms with E-state index in [-0.39, 0.29) is 0 Å². The van der Waals surface area contributed by atoms with Gasteiger partial charge in [0.1, 0.15) is 5.75 Å². The van der Waals surface area contributed by atoms with Crippen molar-refractivity contribution in [3.05, 3.63) is 53.6 Å². The SMILES string of the molecule is C=CCc1ccc(CCC)c(CC(=C)C)c1O. The molecule has 1 aromatic rings. The molecular formula is C16H22O. The van der Waals surface area contributed by atoms with Crippen molar-refractivity contribution in [1.82, 2.24) is 0 Å². The second-order valence-corrected chi connectivity index (χ2v) is 4.59. The van der Waals surface area contributed by atoms with Crippen molar-refractivity contribution in [2.24, 2.45) is 0 Å². The first kappa shape index (κ1) is 13.6. The molecule has 0 saturated heterocycles. The molecule has 1 aromatic carbocycles. The number of phenolic OH excluding ortho intramolecular Hbond substituents is 1. The van der Waals surface area contributed by atoms with Gasteiger partial charge in [0.2, 0.25) is 0 Å². The molecule has 92 valence electrons. The number of allylic oxidation sites excluding steroid dienone is 2. The van der Waals surface area contributed by atoms with Gasteiger partial charge in [-0.1, -0.05) is 43.7 Å². The Morgan fingerprint density at radius 3 is 2.53 bits per heavy atom. The fourth-order valence-electron chi connectivity index (χ4n) is 2.05. The van der Waals surface area contributed by atoms with Gasteiger partial charge in [-0.05, 0) is 37.3 Å². The Bertz CT molecular complexity index is 416. The lowest BCUT2D eigenvalue weighted by Gasteiger charge is -2.14. The van der Waals surface area contributed by atoms with E-state index < -0.39 is 0 Å². The van der Waals surface area contributed by atoms with Crippen LogP contribution in [0.25, 0.3) is 0 Å². The summed E-state index contributed by atoms with van der Waals surface area (Å²) in [5.74, 6) is 0.429. The quantitative estimate of drug-likeness (QED) is 0.726. The summed E-state index contributed by atoms with van der Waals surface area (Å²) in [7, 11) is 0. The van der Waals surface area contributed by atoms with Gasteiger partial charge in [0, 0.05) is 5.56 Å². The van der Waals surface area contributed by atoms with E-state index in [9.17, 15) is 5.11 Å². The maximum atomic E-state index is 10.3. The Balaban J connectivity index is 3.19. The molecule has 0 fully saturated rings. The molecular weight excluding hydrogens is 208 g/mol. The smallest absolute Gasteiger partial charge is 0.122 e. The maximum absolute atomic E-state index is 10.3. The van der Waals surface area contributed by atoms with Crippen molar-refractivity contribution >= 4 is 0 Å². The van der Waals surface area contributed by atoms with Gasteiger partial charge in [0.25, 0.3) is 0 Å². The van der Waals surface area contributed by atoms with Crippen molar-refractivity contribution in [3.8, 4) is 5.75 Å². The summed E-state index contributed by atoms with van der Waals surface area (Å²) in [5.41, 5.74) is 4.31. The van der Waals surface area contributed by atoms with Crippen molar-refractivity contribution in [3.63, 3.8) is 0 Å². The van der Waals surface area contributed by atoms with Crippen LogP contribution in [0.15, 0.2) is 36.9 Å². The normalized spacial score (nSPS) is 10.2. The number of hydrogen-bond acceptors (Lipinski definition) is 1. The van der Waals surface area contributed by atoms with Crippen LogP contribution in [-0.2, 0) is 19.3 Å². The van der Waals surface area contributed by atoms with Crippen LogP contribution in [0.3, 0.4) is 0 Å². The van der Waals surface area contributed by atoms with E-state index in [0.29, 0.717) is 12.2 Å². The molecule has 0 aromatic heterocycles. The number of phenols is 1. The van der Waals surface area contributed by atoms with Gasteiger partial charge in [0.15, 0.2) is 0 Å². The second-order valence-electron chi connectivity index (χ2n) is 4.59. The largest absolute Gasteiger partial charge is 0.507 e. The summed E-state index contributed by atoms with van der Waals surface area (Å²) in [6, 6.07) is 4.13. The van der Waals surface area contributed by atoms with Crippen LogP contribution in [0.4, 0.5) is 0 Å².